The Bertz CT molecular complexity index is 5470. The van der Waals surface area contributed by atoms with Gasteiger partial charge in [0.2, 0.25) is 0 Å². The standard InChI is InChI=1S/C26H34N2O5.C26H32N2O5.C20H25BrN2O4.C12H19BO3.C7H7F3O4S.C6H8O2/c2*1-26(2,3)33-24(25(30)31-5)23-21(17-11-12-20-16(14-17)9-7-13-32-20)22(27-28(23)4)18-8-6-10-19(29)15-18;1-20(2,3)27-17(19(24)25-5)16-15(18(21)22-23(16)4)13-8-9-14-12(11-13)7-6-10-26-14;1-11(2)12(3,4)16-13(15-11)9-6-5-7-10(14)8-9;8-7(9,10)15(12,13)14-6-3-1-2-5(11)4-6;7-5-2-1-3-6(8)4-5/h11-12,14-15,19,24,29H,6-10,13H2,1-5H3;11-12,14-15,24H,6-10,13H2,1-5H3;8-9,11,17H,6-7,10H2,1-5H3;8H,5-7H2,1-4H3;4H,1-3H2;1-4H2. The number of ketones is 5. The molecule has 35 heteroatoms. The van der Waals surface area contributed by atoms with Crippen LogP contribution in [0.25, 0.3) is 44.5 Å². The third-order valence-corrected chi connectivity index (χ3v) is 24.7. The summed E-state index contributed by atoms with van der Waals surface area (Å²) in [5, 5.41) is 24.4. The monoisotopic (exact) mass is 1920 g/mol. The van der Waals surface area contributed by atoms with Crippen molar-refractivity contribution in [3.63, 3.8) is 0 Å². The second-order valence-corrected chi connectivity index (χ2v) is 39.9. The number of alkyl halides is 3. The summed E-state index contributed by atoms with van der Waals surface area (Å²) in [6.07, 6.45) is 18.2. The predicted molar refractivity (Wildman–Crippen MR) is 491 cm³/mol. The number of aliphatic hydroxyl groups excluding tert-OH is 1. The average Bonchev–Trinajstić information content (AvgIpc) is 1.59. The number of aryl methyl sites for hydroxylation is 6. The smallest absolute Gasteiger partial charge is 0.493 e. The topological polar surface area (TPSA) is 355 Å². The van der Waals surface area contributed by atoms with Crippen LogP contribution in [-0.4, -0.2) is 178 Å². The van der Waals surface area contributed by atoms with Crippen LogP contribution in [0.5, 0.6) is 17.2 Å². The fourth-order valence-electron chi connectivity index (χ4n) is 16.3. The highest BCUT2D eigenvalue weighted by Gasteiger charge is 2.53. The first kappa shape index (κ1) is 104. The first-order valence-electron chi connectivity index (χ1n) is 44.8. The van der Waals surface area contributed by atoms with Gasteiger partial charge in [0, 0.05) is 82.4 Å². The number of carbonyl (C=O) groups is 8. The zero-order valence-electron chi connectivity index (χ0n) is 79.1. The van der Waals surface area contributed by atoms with E-state index in [1.54, 1.807) is 40.3 Å². The van der Waals surface area contributed by atoms with Crippen LogP contribution in [0.4, 0.5) is 13.2 Å². The van der Waals surface area contributed by atoms with E-state index in [1.165, 1.54) is 21.3 Å². The molecule has 0 spiro atoms. The fraction of sp³-hybridized carbons (Fsp3) is 0.557. The lowest BCUT2D eigenvalue weighted by molar-refractivity contribution is -0.165. The molecule has 132 heavy (non-hydrogen) atoms. The molecule has 15 rings (SSSR count). The highest BCUT2D eigenvalue weighted by molar-refractivity contribution is 9.10. The molecule has 6 aromatic rings. The van der Waals surface area contributed by atoms with Gasteiger partial charge in [0.25, 0.3) is 0 Å². The lowest BCUT2D eigenvalue weighted by Crippen LogP contribution is -2.41. The molecular formula is C97H125BBrF3N6O23S. The maximum absolute atomic E-state index is 12.9. The number of hydrogen-bond acceptors (Lipinski definition) is 26. The fourth-order valence-corrected chi connectivity index (χ4v) is 17.5. The van der Waals surface area contributed by atoms with Gasteiger partial charge in [-0.25, -0.2) is 14.4 Å². The summed E-state index contributed by atoms with van der Waals surface area (Å²) >= 11 is 3.55. The minimum atomic E-state index is -5.64. The number of esters is 3. The number of carbonyl (C=O) groups excluding carboxylic acids is 8. The number of hydrogen-bond donors (Lipinski definition) is 1. The Hall–Kier alpha value is -9.75. The van der Waals surface area contributed by atoms with Crippen LogP contribution >= 0.6 is 15.9 Å². The zero-order chi connectivity index (χ0) is 96.9. The quantitative estimate of drug-likeness (QED) is 0.0221. The molecule has 3 aromatic heterocycles. The Morgan fingerprint density at radius 1 is 0.492 bits per heavy atom. The SMILES string of the molecule is CC1(C)OB(C2=CC(=O)CCC2)OC1(C)C.COC(=O)C(OC(C)(C)C)c1c(-c2ccc3c(c2)CCCO3)c(Br)nn1C.COC(=O)C(OC(C)(C)C)c1c(-c2ccc3c(c2)CCCO3)c(C2=CC(=O)CCC2)nn1C.COC(=O)C(OC(C)(C)C)c1c(-c2ccc3c(c2)CCCO3)c(C2=CC(O)CCC2)nn1C.O=C1C=C(OS(=O)(=O)C(F)(F)F)CCC1.O=C1CCCC(=O)C1. The van der Waals surface area contributed by atoms with E-state index >= 15 is 0 Å². The maximum atomic E-state index is 12.9. The lowest BCUT2D eigenvalue weighted by atomic mass is 9.72. The molecular weight excluding hydrogens is 1800 g/mol. The normalized spacial score (nSPS) is 19.0. The molecule has 0 bridgehead atoms. The van der Waals surface area contributed by atoms with Gasteiger partial charge in [0.1, 0.15) is 39.2 Å². The largest absolute Gasteiger partial charge is 0.534 e. The van der Waals surface area contributed by atoms with Crippen molar-refractivity contribution < 1.29 is 121 Å². The summed E-state index contributed by atoms with van der Waals surface area (Å²) in [6.45, 7) is 27.5. The van der Waals surface area contributed by atoms with Crippen LogP contribution in [0.2, 0.25) is 0 Å². The van der Waals surface area contributed by atoms with Gasteiger partial charge >= 0.3 is 40.7 Å². The van der Waals surface area contributed by atoms with Gasteiger partial charge in [0.15, 0.2) is 35.7 Å². The second kappa shape index (κ2) is 44.2. The summed E-state index contributed by atoms with van der Waals surface area (Å²) in [4.78, 5) is 93.7. The van der Waals surface area contributed by atoms with Crippen LogP contribution in [0.1, 0.15) is 275 Å². The number of Topliss-reactive ketones (excluding diaryl/α,β-unsaturated/α-hetero) is 2. The molecule has 718 valence electrons. The number of allylic oxidation sites excluding steroid dienone is 7. The molecule has 2 fully saturated rings. The van der Waals surface area contributed by atoms with E-state index in [4.69, 9.17) is 62.1 Å². The van der Waals surface area contributed by atoms with E-state index in [0.717, 1.165) is 199 Å². The summed E-state index contributed by atoms with van der Waals surface area (Å²) in [5.41, 5.74) is 7.17. The minimum absolute atomic E-state index is 0.0149. The minimum Gasteiger partial charge on any atom is -0.493 e. The predicted octanol–water partition coefficient (Wildman–Crippen LogP) is 17.6. The van der Waals surface area contributed by atoms with Crippen LogP contribution < -0.4 is 14.2 Å². The summed E-state index contributed by atoms with van der Waals surface area (Å²) < 4.78 is 129. The molecule has 4 atom stereocenters. The number of ether oxygens (including phenoxy) is 9. The van der Waals surface area contributed by atoms with Gasteiger partial charge in [-0.05, 0) is 301 Å². The van der Waals surface area contributed by atoms with E-state index in [0.29, 0.717) is 59.7 Å². The van der Waals surface area contributed by atoms with Crippen molar-refractivity contribution in [1.29, 1.82) is 0 Å². The number of halogens is 4. The number of aromatic nitrogens is 6. The van der Waals surface area contributed by atoms with Crippen molar-refractivity contribution >= 4 is 91.1 Å². The molecule has 4 unspecified atom stereocenters. The Balaban J connectivity index is 0.000000172. The van der Waals surface area contributed by atoms with Crippen molar-refractivity contribution in [3.05, 3.63) is 140 Å². The van der Waals surface area contributed by atoms with Crippen molar-refractivity contribution in [3.8, 4) is 50.6 Å². The van der Waals surface area contributed by atoms with E-state index in [-0.39, 0.29) is 67.1 Å². The number of aliphatic hydroxyl groups is 1. The Labute approximate surface area is 779 Å². The lowest BCUT2D eigenvalue weighted by Gasteiger charge is -2.32. The molecule has 1 N–H and O–H groups in total. The number of nitrogens with zero attached hydrogens (tertiary/aromatic N) is 6. The van der Waals surface area contributed by atoms with Gasteiger partial charge in [-0.3, -0.25) is 38.0 Å². The summed E-state index contributed by atoms with van der Waals surface area (Å²) in [7, 11) is 3.54. The number of benzene rings is 3. The summed E-state index contributed by atoms with van der Waals surface area (Å²) in [6, 6.07) is 18.3. The number of methoxy groups -OCH3 is 3. The average molecular weight is 1920 g/mol. The molecule has 4 aliphatic heterocycles. The molecule has 0 amide bonds. The molecule has 9 aliphatic rings. The Morgan fingerprint density at radius 2 is 0.864 bits per heavy atom. The molecule has 0 radical (unpaired) electrons. The van der Waals surface area contributed by atoms with Gasteiger partial charge in [-0.1, -0.05) is 24.3 Å². The molecule has 1 saturated heterocycles. The van der Waals surface area contributed by atoms with Crippen molar-refractivity contribution in [2.75, 3.05) is 41.2 Å². The van der Waals surface area contributed by atoms with Crippen LogP contribution in [0.15, 0.2) is 94.7 Å². The highest BCUT2D eigenvalue weighted by atomic mass is 79.9. The maximum Gasteiger partial charge on any atom is 0.534 e. The van der Waals surface area contributed by atoms with Crippen LogP contribution in [0, 0.1) is 0 Å². The van der Waals surface area contributed by atoms with Gasteiger partial charge in [-0.2, -0.15) is 36.9 Å². The molecule has 1 saturated carbocycles. The van der Waals surface area contributed by atoms with Gasteiger partial charge in [-0.15, -0.1) is 0 Å². The molecule has 29 nitrogen and oxygen atoms in total. The number of rotatable bonds is 17. The summed E-state index contributed by atoms with van der Waals surface area (Å²) in [5.74, 6) is 0.916. The van der Waals surface area contributed by atoms with E-state index in [1.807, 2.05) is 140 Å². The first-order valence-corrected chi connectivity index (χ1v) is 47.0. The van der Waals surface area contributed by atoms with Crippen molar-refractivity contribution in [1.82, 2.24) is 29.3 Å². The highest BCUT2D eigenvalue weighted by Crippen LogP contribution is 2.47. The van der Waals surface area contributed by atoms with E-state index in [2.05, 4.69) is 43.4 Å². The van der Waals surface area contributed by atoms with Gasteiger partial charge in [0.05, 0.1) is 110 Å². The van der Waals surface area contributed by atoms with E-state index < -0.39 is 86.3 Å². The Kier molecular flexibility index (Phi) is 34.9. The zero-order valence-corrected chi connectivity index (χ0v) is 81.5. The van der Waals surface area contributed by atoms with Gasteiger partial charge < -0.3 is 61.2 Å². The van der Waals surface area contributed by atoms with E-state index in [9.17, 15) is 65.1 Å². The molecule has 7 heterocycles. The first-order chi connectivity index (χ1) is 61.9. The van der Waals surface area contributed by atoms with Crippen molar-refractivity contribution in [2.45, 2.75) is 289 Å². The molecule has 3 aromatic carbocycles. The third-order valence-electron chi connectivity index (χ3n) is 23.1. The van der Waals surface area contributed by atoms with Crippen LogP contribution in [-0.2, 0) is 131 Å². The van der Waals surface area contributed by atoms with Crippen LogP contribution in [0.3, 0.4) is 0 Å². The number of fused-ring (bicyclic) bond motifs is 3. The second-order valence-electron chi connectivity index (χ2n) is 37.7. The Morgan fingerprint density at radius 3 is 1.24 bits per heavy atom. The molecule has 5 aliphatic carbocycles. The third kappa shape index (κ3) is 27.3. The van der Waals surface area contributed by atoms with Crippen molar-refractivity contribution in [2.24, 2.45) is 21.1 Å².